The second-order valence-electron chi connectivity index (χ2n) is 6.32. The highest BCUT2D eigenvalue weighted by atomic mass is 19.1. The van der Waals surface area contributed by atoms with E-state index in [2.05, 4.69) is 4.99 Å². The quantitative estimate of drug-likeness (QED) is 0.483. The van der Waals surface area contributed by atoms with Gasteiger partial charge in [-0.25, -0.2) is 4.99 Å². The molecule has 1 aliphatic heterocycles. The van der Waals surface area contributed by atoms with Crippen LogP contribution in [0, 0.1) is 15.9 Å². The molecule has 0 radical (unpaired) electrons. The van der Waals surface area contributed by atoms with Gasteiger partial charge in [0, 0.05) is 17.2 Å². The highest BCUT2D eigenvalue weighted by Gasteiger charge is 2.32. The molecule has 2 aromatic carbocycles. The van der Waals surface area contributed by atoms with Crippen molar-refractivity contribution >= 4 is 17.4 Å². The molecular formula is C18H15FN2O4. The molecule has 0 N–H and O–H groups in total. The van der Waals surface area contributed by atoms with Crippen molar-refractivity contribution in [3.05, 3.63) is 75.1 Å². The number of rotatable bonds is 4. The van der Waals surface area contributed by atoms with E-state index in [0.717, 1.165) is 12.1 Å². The van der Waals surface area contributed by atoms with Crippen molar-refractivity contribution in [1.29, 1.82) is 0 Å². The molecule has 0 aliphatic carbocycles. The lowest BCUT2D eigenvalue weighted by Gasteiger charge is -2.09. The molecule has 0 unspecified atom stereocenters. The molecule has 6 nitrogen and oxygen atoms in total. The standard InChI is InChI=1S/C18H15FN2O4/c1-18(2)10-25-17(20-18)13-9-15(21(23)24)14(19)8-12(13)16(22)11-6-4-3-5-7-11/h3-9H,10H2,1-2H3. The summed E-state index contributed by atoms with van der Waals surface area (Å²) in [7, 11) is 0. The van der Waals surface area contributed by atoms with E-state index < -0.39 is 27.8 Å². The van der Waals surface area contributed by atoms with Crippen LogP contribution in [-0.2, 0) is 4.74 Å². The number of benzene rings is 2. The van der Waals surface area contributed by atoms with Crippen molar-refractivity contribution in [2.75, 3.05) is 6.61 Å². The van der Waals surface area contributed by atoms with Gasteiger partial charge in [0.2, 0.25) is 11.7 Å². The Kier molecular flexibility index (Phi) is 4.08. The molecular weight excluding hydrogens is 327 g/mol. The number of nitro groups is 1. The number of hydrogen-bond donors (Lipinski definition) is 0. The minimum absolute atomic E-state index is 0.0225. The number of ether oxygens (including phenoxy) is 1. The van der Waals surface area contributed by atoms with Crippen LogP contribution < -0.4 is 0 Å². The molecule has 2 aromatic rings. The first-order valence-electron chi connectivity index (χ1n) is 7.59. The van der Waals surface area contributed by atoms with Gasteiger partial charge in [-0.15, -0.1) is 0 Å². The largest absolute Gasteiger partial charge is 0.475 e. The van der Waals surface area contributed by atoms with Crippen LogP contribution >= 0.6 is 0 Å². The Morgan fingerprint density at radius 2 is 1.96 bits per heavy atom. The Morgan fingerprint density at radius 1 is 1.28 bits per heavy atom. The van der Waals surface area contributed by atoms with Crippen LogP contribution in [0.4, 0.5) is 10.1 Å². The third-order valence-electron chi connectivity index (χ3n) is 3.76. The number of aliphatic imine (C=N–C) groups is 1. The van der Waals surface area contributed by atoms with E-state index in [9.17, 15) is 19.3 Å². The summed E-state index contributed by atoms with van der Waals surface area (Å²) >= 11 is 0. The smallest absolute Gasteiger partial charge is 0.305 e. The van der Waals surface area contributed by atoms with Gasteiger partial charge < -0.3 is 4.74 Å². The summed E-state index contributed by atoms with van der Waals surface area (Å²) in [5.74, 6) is -1.43. The fraction of sp³-hybridized carbons (Fsp3) is 0.222. The van der Waals surface area contributed by atoms with Crippen molar-refractivity contribution in [3.8, 4) is 0 Å². The van der Waals surface area contributed by atoms with Crippen molar-refractivity contribution < 1.29 is 18.8 Å². The van der Waals surface area contributed by atoms with Crippen molar-refractivity contribution in [2.24, 2.45) is 4.99 Å². The molecule has 1 heterocycles. The number of nitrogens with zero attached hydrogens (tertiary/aromatic N) is 2. The van der Waals surface area contributed by atoms with Gasteiger partial charge in [-0.3, -0.25) is 14.9 Å². The predicted molar refractivity (Wildman–Crippen MR) is 89.5 cm³/mol. The molecule has 0 fully saturated rings. The molecule has 0 bridgehead atoms. The second-order valence-corrected chi connectivity index (χ2v) is 6.32. The highest BCUT2D eigenvalue weighted by Crippen LogP contribution is 2.29. The summed E-state index contributed by atoms with van der Waals surface area (Å²) in [5.41, 5.74) is -0.810. The van der Waals surface area contributed by atoms with Crippen molar-refractivity contribution in [3.63, 3.8) is 0 Å². The van der Waals surface area contributed by atoms with Gasteiger partial charge in [-0.05, 0) is 19.9 Å². The lowest BCUT2D eigenvalue weighted by molar-refractivity contribution is -0.387. The first-order valence-corrected chi connectivity index (χ1v) is 7.59. The van der Waals surface area contributed by atoms with E-state index in [0.29, 0.717) is 5.56 Å². The lowest BCUT2D eigenvalue weighted by Crippen LogP contribution is -2.17. The fourth-order valence-electron chi connectivity index (χ4n) is 2.53. The number of ketones is 1. The zero-order valence-electron chi connectivity index (χ0n) is 13.7. The number of halogens is 1. The fourth-order valence-corrected chi connectivity index (χ4v) is 2.53. The average molecular weight is 342 g/mol. The SMILES string of the molecule is CC1(C)COC(c2cc([N+](=O)[O-])c(F)cc2C(=O)c2ccccc2)=N1. The van der Waals surface area contributed by atoms with Crippen LogP contribution in [0.5, 0.6) is 0 Å². The van der Waals surface area contributed by atoms with Gasteiger partial charge in [0.25, 0.3) is 0 Å². The first-order chi connectivity index (χ1) is 11.8. The Labute approximate surface area is 143 Å². The minimum atomic E-state index is -1.08. The van der Waals surface area contributed by atoms with E-state index in [1.165, 1.54) is 0 Å². The van der Waals surface area contributed by atoms with E-state index in [-0.39, 0.29) is 23.6 Å². The van der Waals surface area contributed by atoms with E-state index in [1.807, 2.05) is 13.8 Å². The summed E-state index contributed by atoms with van der Waals surface area (Å²) in [6.07, 6.45) is 0. The molecule has 0 spiro atoms. The maximum Gasteiger partial charge on any atom is 0.305 e. The Morgan fingerprint density at radius 3 is 2.52 bits per heavy atom. The molecule has 25 heavy (non-hydrogen) atoms. The number of nitro benzene ring substituents is 1. The second kappa shape index (κ2) is 6.08. The van der Waals surface area contributed by atoms with Crippen LogP contribution in [0.1, 0.15) is 35.3 Å². The van der Waals surface area contributed by atoms with Crippen molar-refractivity contribution in [2.45, 2.75) is 19.4 Å². The number of carbonyl (C=O) groups is 1. The molecule has 128 valence electrons. The van der Waals surface area contributed by atoms with Crippen LogP contribution in [0.2, 0.25) is 0 Å². The van der Waals surface area contributed by atoms with Gasteiger partial charge >= 0.3 is 5.69 Å². The zero-order chi connectivity index (χ0) is 18.2. The lowest BCUT2D eigenvalue weighted by atomic mass is 9.97. The predicted octanol–water partition coefficient (Wildman–Crippen LogP) is 3.52. The third kappa shape index (κ3) is 3.26. The van der Waals surface area contributed by atoms with E-state index in [1.54, 1.807) is 30.3 Å². The third-order valence-corrected chi connectivity index (χ3v) is 3.76. The summed E-state index contributed by atoms with van der Waals surface area (Å²) < 4.78 is 19.6. The summed E-state index contributed by atoms with van der Waals surface area (Å²) in [6.45, 7) is 3.93. The zero-order valence-corrected chi connectivity index (χ0v) is 13.7. The molecule has 0 amide bonds. The number of hydrogen-bond acceptors (Lipinski definition) is 5. The van der Waals surface area contributed by atoms with Crippen LogP contribution in [0.3, 0.4) is 0 Å². The Bertz CT molecular complexity index is 891. The van der Waals surface area contributed by atoms with Crippen LogP contribution in [-0.4, -0.2) is 28.8 Å². The van der Waals surface area contributed by atoms with Crippen LogP contribution in [0.25, 0.3) is 0 Å². The van der Waals surface area contributed by atoms with Gasteiger partial charge in [-0.2, -0.15) is 4.39 Å². The Balaban J connectivity index is 2.19. The summed E-state index contributed by atoms with van der Waals surface area (Å²) in [6, 6.07) is 10.2. The van der Waals surface area contributed by atoms with Crippen LogP contribution in [0.15, 0.2) is 47.5 Å². The summed E-state index contributed by atoms with van der Waals surface area (Å²) in [5, 5.41) is 11.1. The van der Waals surface area contributed by atoms with E-state index in [4.69, 9.17) is 4.74 Å². The van der Waals surface area contributed by atoms with Gasteiger partial charge in [0.1, 0.15) is 6.61 Å². The Hall–Kier alpha value is -3.09. The van der Waals surface area contributed by atoms with Gasteiger partial charge in [-0.1, -0.05) is 30.3 Å². The molecule has 7 heteroatoms. The number of carbonyl (C=O) groups excluding carboxylic acids is 1. The molecule has 0 saturated heterocycles. The molecule has 0 aromatic heterocycles. The molecule has 3 rings (SSSR count). The molecule has 1 aliphatic rings. The topological polar surface area (TPSA) is 81.8 Å². The van der Waals surface area contributed by atoms with Gasteiger partial charge in [0.05, 0.1) is 16.0 Å². The first kappa shape index (κ1) is 16.8. The molecule has 0 atom stereocenters. The summed E-state index contributed by atoms with van der Waals surface area (Å²) in [4.78, 5) is 27.4. The minimum Gasteiger partial charge on any atom is -0.475 e. The monoisotopic (exact) mass is 342 g/mol. The maximum absolute atomic E-state index is 14.1. The molecule has 0 saturated carbocycles. The highest BCUT2D eigenvalue weighted by molar-refractivity contribution is 6.15. The van der Waals surface area contributed by atoms with Gasteiger partial charge in [0.15, 0.2) is 5.78 Å². The average Bonchev–Trinajstić information content (AvgIpc) is 2.94. The van der Waals surface area contributed by atoms with E-state index >= 15 is 0 Å². The maximum atomic E-state index is 14.1. The normalized spacial score (nSPS) is 15.4. The van der Waals surface area contributed by atoms with Crippen molar-refractivity contribution in [1.82, 2.24) is 0 Å².